The predicted molar refractivity (Wildman–Crippen MR) is 143 cm³/mol. The van der Waals surface area contributed by atoms with E-state index in [1.165, 1.54) is 6.07 Å². The molecule has 2 N–H and O–H groups in total. The molecule has 6 nitrogen and oxygen atoms in total. The van der Waals surface area contributed by atoms with Crippen LogP contribution in [0.5, 0.6) is 0 Å². The second kappa shape index (κ2) is 11.5. The van der Waals surface area contributed by atoms with E-state index in [9.17, 15) is 27.6 Å². The number of hydrogen-bond donors (Lipinski definition) is 2. The van der Waals surface area contributed by atoms with Gasteiger partial charge in [-0.25, -0.2) is 4.79 Å². The fraction of sp³-hybridized carbons (Fsp3) is 0.276. The monoisotopic (exact) mass is 558 g/mol. The highest BCUT2D eigenvalue weighted by atomic mass is 35.5. The van der Waals surface area contributed by atoms with E-state index in [0.717, 1.165) is 11.1 Å². The van der Waals surface area contributed by atoms with Gasteiger partial charge >= 0.3 is 18.2 Å². The molecule has 0 heterocycles. The molecule has 3 aromatic carbocycles. The standard InChI is InChI=1S/C29H26ClF3N2O4/c1-2-39-25(36)16-28(17-29(31,32)33)13-12-20-14-19(8-11-24(20)26(28)37)18-6-9-22(10-7-18)34-27(38)35-23-5-3-4-21(30)15-23/h3-11,14-15H,2,12-13,16-17H2,1H3,(H2,34,35,38). The fourth-order valence-electron chi connectivity index (χ4n) is 4.85. The number of urea groups is 1. The van der Waals surface area contributed by atoms with E-state index < -0.39 is 42.2 Å². The van der Waals surface area contributed by atoms with Crippen molar-refractivity contribution in [1.82, 2.24) is 0 Å². The molecule has 204 valence electrons. The summed E-state index contributed by atoms with van der Waals surface area (Å²) in [7, 11) is 0. The maximum Gasteiger partial charge on any atom is 0.390 e. The molecule has 1 aliphatic carbocycles. The van der Waals surface area contributed by atoms with Crippen LogP contribution in [0.25, 0.3) is 11.1 Å². The van der Waals surface area contributed by atoms with Crippen LogP contribution < -0.4 is 10.6 Å². The van der Waals surface area contributed by atoms with Crippen molar-refractivity contribution in [3.63, 3.8) is 0 Å². The Morgan fingerprint density at radius 2 is 1.67 bits per heavy atom. The maximum atomic E-state index is 13.5. The number of aryl methyl sites for hydroxylation is 1. The highest BCUT2D eigenvalue weighted by Crippen LogP contribution is 2.46. The Bertz CT molecular complexity index is 1390. The highest BCUT2D eigenvalue weighted by Gasteiger charge is 2.51. The molecular weight excluding hydrogens is 533 g/mol. The molecule has 0 fully saturated rings. The SMILES string of the molecule is CCOC(=O)CC1(CC(F)(F)F)CCc2cc(-c3ccc(NC(=O)Nc4cccc(Cl)c4)cc3)ccc2C1=O. The van der Waals surface area contributed by atoms with Crippen LogP contribution in [0.2, 0.25) is 5.02 Å². The van der Waals surface area contributed by atoms with E-state index in [1.54, 1.807) is 67.6 Å². The van der Waals surface area contributed by atoms with Crippen molar-refractivity contribution in [1.29, 1.82) is 0 Å². The van der Waals surface area contributed by atoms with Crippen LogP contribution in [-0.4, -0.2) is 30.6 Å². The van der Waals surface area contributed by atoms with Crippen molar-refractivity contribution in [2.24, 2.45) is 5.41 Å². The molecule has 0 aromatic heterocycles. The summed E-state index contributed by atoms with van der Waals surface area (Å²) < 4.78 is 45.2. The van der Waals surface area contributed by atoms with Crippen molar-refractivity contribution in [3.05, 3.63) is 82.9 Å². The van der Waals surface area contributed by atoms with Crippen molar-refractivity contribution in [3.8, 4) is 11.1 Å². The first-order valence-corrected chi connectivity index (χ1v) is 12.7. The minimum Gasteiger partial charge on any atom is -0.466 e. The number of hydrogen-bond acceptors (Lipinski definition) is 4. The average molecular weight is 559 g/mol. The number of esters is 1. The normalized spacial score (nSPS) is 16.8. The largest absolute Gasteiger partial charge is 0.466 e. The zero-order valence-corrected chi connectivity index (χ0v) is 21.8. The number of ether oxygens (including phenoxy) is 1. The number of fused-ring (bicyclic) bond motifs is 1. The molecule has 0 radical (unpaired) electrons. The third-order valence-electron chi connectivity index (χ3n) is 6.59. The number of Topliss-reactive ketones (excluding diaryl/α,β-unsaturated/α-hetero) is 1. The number of nitrogens with one attached hydrogen (secondary N) is 2. The number of ketones is 1. The van der Waals surface area contributed by atoms with Crippen molar-refractivity contribution in [2.75, 3.05) is 17.2 Å². The number of benzene rings is 3. The molecule has 0 bridgehead atoms. The molecule has 10 heteroatoms. The Morgan fingerprint density at radius 3 is 2.33 bits per heavy atom. The van der Waals surface area contributed by atoms with Gasteiger partial charge in [0, 0.05) is 22.0 Å². The molecule has 0 saturated carbocycles. The summed E-state index contributed by atoms with van der Waals surface area (Å²) in [6.45, 7) is 1.59. The van der Waals surface area contributed by atoms with Crippen LogP contribution in [0.1, 0.15) is 42.1 Å². The van der Waals surface area contributed by atoms with Crippen LogP contribution in [0.3, 0.4) is 0 Å². The number of rotatable bonds is 7. The highest BCUT2D eigenvalue weighted by molar-refractivity contribution is 6.30. The Balaban J connectivity index is 1.50. The minimum absolute atomic E-state index is 0.0238. The number of anilines is 2. The third kappa shape index (κ3) is 6.97. The van der Waals surface area contributed by atoms with Crippen LogP contribution in [0, 0.1) is 5.41 Å². The molecular formula is C29H26ClF3N2O4. The molecule has 4 rings (SSSR count). The molecule has 0 saturated heterocycles. The molecule has 39 heavy (non-hydrogen) atoms. The van der Waals surface area contributed by atoms with Crippen LogP contribution in [0.4, 0.5) is 29.3 Å². The molecule has 1 atom stereocenters. The predicted octanol–water partition coefficient (Wildman–Crippen LogP) is 7.67. The first-order valence-electron chi connectivity index (χ1n) is 12.3. The lowest BCUT2D eigenvalue weighted by Gasteiger charge is -2.36. The van der Waals surface area contributed by atoms with Gasteiger partial charge in [-0.15, -0.1) is 0 Å². The van der Waals surface area contributed by atoms with E-state index in [4.69, 9.17) is 16.3 Å². The van der Waals surface area contributed by atoms with E-state index in [1.807, 2.05) is 0 Å². The van der Waals surface area contributed by atoms with Crippen molar-refractivity contribution in [2.45, 2.75) is 38.8 Å². The zero-order valence-electron chi connectivity index (χ0n) is 21.0. The Labute approximate surface area is 228 Å². The topological polar surface area (TPSA) is 84.5 Å². The van der Waals surface area contributed by atoms with Crippen molar-refractivity contribution < 1.29 is 32.3 Å². The zero-order chi connectivity index (χ0) is 28.2. The van der Waals surface area contributed by atoms with Gasteiger partial charge in [0.1, 0.15) is 0 Å². The third-order valence-corrected chi connectivity index (χ3v) is 6.83. The first kappa shape index (κ1) is 28.2. The van der Waals surface area contributed by atoms with E-state index in [2.05, 4.69) is 10.6 Å². The minimum atomic E-state index is -4.61. The van der Waals surface area contributed by atoms with Gasteiger partial charge in [-0.05, 0) is 66.8 Å². The summed E-state index contributed by atoms with van der Waals surface area (Å²) in [5.74, 6) is -1.50. The summed E-state index contributed by atoms with van der Waals surface area (Å²) in [6, 6.07) is 18.3. The van der Waals surface area contributed by atoms with Crippen LogP contribution in [0.15, 0.2) is 66.7 Å². The van der Waals surface area contributed by atoms with Gasteiger partial charge in [0.2, 0.25) is 0 Å². The molecule has 2 amide bonds. The Hall–Kier alpha value is -3.85. The van der Waals surface area contributed by atoms with Gasteiger partial charge in [-0.1, -0.05) is 48.0 Å². The number of alkyl halides is 3. The lowest BCUT2D eigenvalue weighted by atomic mass is 9.66. The van der Waals surface area contributed by atoms with E-state index >= 15 is 0 Å². The Morgan fingerprint density at radius 1 is 0.974 bits per heavy atom. The van der Waals surface area contributed by atoms with E-state index in [0.29, 0.717) is 22.0 Å². The van der Waals surface area contributed by atoms with Gasteiger partial charge in [0.15, 0.2) is 5.78 Å². The first-order chi connectivity index (χ1) is 18.5. The van der Waals surface area contributed by atoms with Gasteiger partial charge in [0.05, 0.1) is 24.9 Å². The second-order valence-electron chi connectivity index (χ2n) is 9.42. The number of halogens is 4. The molecule has 1 unspecified atom stereocenters. The second-order valence-corrected chi connectivity index (χ2v) is 9.86. The van der Waals surface area contributed by atoms with Gasteiger partial charge in [-0.2, -0.15) is 13.2 Å². The molecule has 1 aliphatic rings. The fourth-order valence-corrected chi connectivity index (χ4v) is 5.04. The summed E-state index contributed by atoms with van der Waals surface area (Å²) in [5, 5.41) is 5.91. The lowest BCUT2D eigenvalue weighted by molar-refractivity contribution is -0.162. The maximum absolute atomic E-state index is 13.5. The van der Waals surface area contributed by atoms with Gasteiger partial charge in [0.25, 0.3) is 0 Å². The van der Waals surface area contributed by atoms with E-state index in [-0.39, 0.29) is 25.0 Å². The smallest absolute Gasteiger partial charge is 0.390 e. The quantitative estimate of drug-likeness (QED) is 0.291. The van der Waals surface area contributed by atoms with Gasteiger partial charge < -0.3 is 15.4 Å². The van der Waals surface area contributed by atoms with Crippen LogP contribution in [-0.2, 0) is 16.0 Å². The summed E-state index contributed by atoms with van der Waals surface area (Å²) in [5.41, 5.74) is 1.59. The number of carbonyl (C=O) groups excluding carboxylic acids is 3. The lowest BCUT2D eigenvalue weighted by Crippen LogP contribution is -2.42. The number of carbonyl (C=O) groups is 3. The van der Waals surface area contributed by atoms with Crippen LogP contribution >= 0.6 is 11.6 Å². The Kier molecular flexibility index (Phi) is 8.30. The molecule has 0 aliphatic heterocycles. The van der Waals surface area contributed by atoms with Gasteiger partial charge in [-0.3, -0.25) is 9.59 Å². The summed E-state index contributed by atoms with van der Waals surface area (Å²) in [4.78, 5) is 37.7. The van der Waals surface area contributed by atoms with Crippen molar-refractivity contribution >= 4 is 40.8 Å². The summed E-state index contributed by atoms with van der Waals surface area (Å²) in [6.07, 6.45) is -6.49. The molecule has 0 spiro atoms. The average Bonchev–Trinajstić information content (AvgIpc) is 2.86. The summed E-state index contributed by atoms with van der Waals surface area (Å²) >= 11 is 5.93. The molecule has 3 aromatic rings. The number of amides is 2.